The van der Waals surface area contributed by atoms with Gasteiger partial charge in [0, 0.05) is 13.1 Å². The second kappa shape index (κ2) is 3.82. The lowest BCUT2D eigenvalue weighted by Gasteiger charge is -2.15. The minimum Gasteiger partial charge on any atom is -0.337 e. The van der Waals surface area contributed by atoms with E-state index in [0.717, 1.165) is 0 Å². The van der Waals surface area contributed by atoms with E-state index in [0.29, 0.717) is 6.67 Å². The molecule has 1 rings (SSSR count). The van der Waals surface area contributed by atoms with E-state index in [-0.39, 0.29) is 11.3 Å². The van der Waals surface area contributed by atoms with Crippen molar-refractivity contribution in [1.82, 2.24) is 15.1 Å². The van der Waals surface area contributed by atoms with Crippen LogP contribution in [0.25, 0.3) is 0 Å². The van der Waals surface area contributed by atoms with Crippen molar-refractivity contribution in [1.29, 1.82) is 0 Å². The molecule has 0 aliphatic carbocycles. The van der Waals surface area contributed by atoms with Crippen LogP contribution >= 0.6 is 0 Å². The Morgan fingerprint density at radius 1 is 1.57 bits per heavy atom. The molecule has 4 heteroatoms. The lowest BCUT2D eigenvalue weighted by Crippen LogP contribution is -2.23. The van der Waals surface area contributed by atoms with E-state index in [9.17, 15) is 4.79 Å². The smallest absolute Gasteiger partial charge is 0.218 e. The number of aromatic nitrogens is 2. The van der Waals surface area contributed by atoms with Crippen LogP contribution in [0.1, 0.15) is 33.3 Å². The minimum atomic E-state index is -0.0437. The topological polar surface area (TPSA) is 46.9 Å². The first-order valence-corrected chi connectivity index (χ1v) is 4.67. The van der Waals surface area contributed by atoms with Crippen molar-refractivity contribution in [2.45, 2.75) is 39.8 Å². The number of nitrogens with one attached hydrogen (secondary N) is 1. The zero-order valence-electron chi connectivity index (χ0n) is 9.16. The molecule has 1 N–H and O–H groups in total. The summed E-state index contributed by atoms with van der Waals surface area (Å²) in [7, 11) is 0. The third-order valence-corrected chi connectivity index (χ3v) is 1.99. The largest absolute Gasteiger partial charge is 0.337 e. The minimum absolute atomic E-state index is 0.0437. The highest BCUT2D eigenvalue weighted by molar-refractivity contribution is 5.72. The fourth-order valence-corrected chi connectivity index (χ4v) is 1.03. The summed E-state index contributed by atoms with van der Waals surface area (Å²) in [6.07, 6.45) is 3.79. The monoisotopic (exact) mass is 195 g/mol. The summed E-state index contributed by atoms with van der Waals surface area (Å²) in [6.45, 7) is 8.33. The Labute approximate surface area is 84.3 Å². The van der Waals surface area contributed by atoms with E-state index in [1.807, 2.05) is 12.4 Å². The van der Waals surface area contributed by atoms with Crippen LogP contribution in [0.2, 0.25) is 0 Å². The molecular weight excluding hydrogens is 178 g/mol. The molecule has 0 radical (unpaired) electrons. The molecule has 0 fully saturated rings. The van der Waals surface area contributed by atoms with Crippen molar-refractivity contribution in [3.63, 3.8) is 0 Å². The average molecular weight is 195 g/mol. The molecule has 0 bridgehead atoms. The summed E-state index contributed by atoms with van der Waals surface area (Å²) in [5, 5.41) is 6.84. The fourth-order valence-electron chi connectivity index (χ4n) is 1.03. The summed E-state index contributed by atoms with van der Waals surface area (Å²) >= 11 is 0. The van der Waals surface area contributed by atoms with Crippen LogP contribution in [0.3, 0.4) is 0 Å². The zero-order chi connectivity index (χ0) is 10.8. The van der Waals surface area contributed by atoms with E-state index in [4.69, 9.17) is 0 Å². The lowest BCUT2D eigenvalue weighted by molar-refractivity contribution is -0.119. The van der Waals surface area contributed by atoms with E-state index >= 15 is 0 Å². The average Bonchev–Trinajstić information content (AvgIpc) is 2.47. The SMILES string of the molecule is CC(=O)NCn1cc(C(C)(C)C)cn1. The third kappa shape index (κ3) is 2.87. The summed E-state index contributed by atoms with van der Waals surface area (Å²) in [5.74, 6) is -0.0437. The maximum Gasteiger partial charge on any atom is 0.218 e. The normalized spacial score (nSPS) is 11.4. The number of amides is 1. The molecule has 0 spiro atoms. The predicted molar refractivity (Wildman–Crippen MR) is 54.7 cm³/mol. The van der Waals surface area contributed by atoms with Crippen molar-refractivity contribution in [2.24, 2.45) is 0 Å². The molecule has 78 valence electrons. The van der Waals surface area contributed by atoms with Gasteiger partial charge in [0.25, 0.3) is 0 Å². The van der Waals surface area contributed by atoms with Gasteiger partial charge >= 0.3 is 0 Å². The number of rotatable bonds is 2. The predicted octanol–water partition coefficient (Wildman–Crippen LogP) is 1.27. The van der Waals surface area contributed by atoms with Crippen LogP contribution in [-0.2, 0) is 16.9 Å². The number of hydrogen-bond acceptors (Lipinski definition) is 2. The maximum atomic E-state index is 10.7. The molecule has 1 aromatic rings. The van der Waals surface area contributed by atoms with Gasteiger partial charge < -0.3 is 5.32 Å². The maximum absolute atomic E-state index is 10.7. The Morgan fingerprint density at radius 2 is 2.21 bits per heavy atom. The quantitative estimate of drug-likeness (QED) is 0.772. The van der Waals surface area contributed by atoms with E-state index in [1.165, 1.54) is 12.5 Å². The molecule has 0 atom stereocenters. The Bertz CT molecular complexity index is 322. The Balaban J connectivity index is 2.64. The molecule has 1 amide bonds. The van der Waals surface area contributed by atoms with Gasteiger partial charge in [-0.2, -0.15) is 5.10 Å². The first-order valence-electron chi connectivity index (χ1n) is 4.67. The molecule has 1 aromatic heterocycles. The fraction of sp³-hybridized carbons (Fsp3) is 0.600. The van der Waals surface area contributed by atoms with Crippen LogP contribution in [-0.4, -0.2) is 15.7 Å². The van der Waals surface area contributed by atoms with Crippen LogP contribution in [0.15, 0.2) is 12.4 Å². The summed E-state index contributed by atoms with van der Waals surface area (Å²) in [6, 6.07) is 0. The molecule has 0 aromatic carbocycles. The second-order valence-electron chi connectivity index (χ2n) is 4.41. The molecule has 1 heterocycles. The highest BCUT2D eigenvalue weighted by Gasteiger charge is 2.15. The molecule has 0 aliphatic heterocycles. The Hall–Kier alpha value is -1.32. The van der Waals surface area contributed by atoms with Crippen LogP contribution in [0.5, 0.6) is 0 Å². The van der Waals surface area contributed by atoms with Crippen molar-refractivity contribution in [3.05, 3.63) is 18.0 Å². The molecule has 14 heavy (non-hydrogen) atoms. The number of carbonyl (C=O) groups is 1. The first-order chi connectivity index (χ1) is 6.39. The standard InChI is InChI=1S/C10H17N3O/c1-8(14)11-7-13-6-9(5-12-13)10(2,3)4/h5-6H,7H2,1-4H3,(H,11,14). The van der Waals surface area contributed by atoms with Crippen molar-refractivity contribution in [3.8, 4) is 0 Å². The second-order valence-corrected chi connectivity index (χ2v) is 4.41. The molecular formula is C10H17N3O. The van der Waals surface area contributed by atoms with Gasteiger partial charge in [0.05, 0.1) is 6.20 Å². The summed E-state index contributed by atoms with van der Waals surface area (Å²) in [5.41, 5.74) is 1.27. The molecule has 0 saturated heterocycles. The lowest BCUT2D eigenvalue weighted by atomic mass is 9.90. The van der Waals surface area contributed by atoms with Gasteiger partial charge in [-0.1, -0.05) is 20.8 Å². The van der Waals surface area contributed by atoms with Gasteiger partial charge in [0.1, 0.15) is 6.67 Å². The molecule has 4 nitrogen and oxygen atoms in total. The number of hydrogen-bond donors (Lipinski definition) is 1. The van der Waals surface area contributed by atoms with Gasteiger partial charge in [-0.3, -0.25) is 9.48 Å². The van der Waals surface area contributed by atoms with E-state index in [1.54, 1.807) is 4.68 Å². The van der Waals surface area contributed by atoms with Crippen LogP contribution in [0, 0.1) is 0 Å². The Morgan fingerprint density at radius 3 is 2.64 bits per heavy atom. The van der Waals surface area contributed by atoms with Gasteiger partial charge in [0.2, 0.25) is 5.91 Å². The highest BCUT2D eigenvalue weighted by Crippen LogP contribution is 2.20. The molecule has 0 saturated carbocycles. The van der Waals surface area contributed by atoms with E-state index < -0.39 is 0 Å². The van der Waals surface area contributed by atoms with Gasteiger partial charge in [-0.25, -0.2) is 0 Å². The van der Waals surface area contributed by atoms with Crippen molar-refractivity contribution >= 4 is 5.91 Å². The highest BCUT2D eigenvalue weighted by atomic mass is 16.1. The number of carbonyl (C=O) groups excluding carboxylic acids is 1. The van der Waals surface area contributed by atoms with Gasteiger partial charge in [0.15, 0.2) is 0 Å². The zero-order valence-corrected chi connectivity index (χ0v) is 9.16. The first kappa shape index (κ1) is 10.8. The molecule has 0 unspecified atom stereocenters. The summed E-state index contributed by atoms with van der Waals surface area (Å²) < 4.78 is 1.72. The van der Waals surface area contributed by atoms with Crippen molar-refractivity contribution < 1.29 is 4.79 Å². The van der Waals surface area contributed by atoms with Gasteiger partial charge in [-0.15, -0.1) is 0 Å². The number of nitrogens with zero attached hydrogens (tertiary/aromatic N) is 2. The third-order valence-electron chi connectivity index (χ3n) is 1.99. The van der Waals surface area contributed by atoms with Gasteiger partial charge in [-0.05, 0) is 11.0 Å². The summed E-state index contributed by atoms with van der Waals surface area (Å²) in [4.78, 5) is 10.7. The van der Waals surface area contributed by atoms with Crippen molar-refractivity contribution in [2.75, 3.05) is 0 Å². The van der Waals surface area contributed by atoms with E-state index in [2.05, 4.69) is 31.2 Å². The molecule has 0 aliphatic rings. The van der Waals surface area contributed by atoms with Crippen LogP contribution in [0.4, 0.5) is 0 Å². The Kier molecular flexibility index (Phi) is 2.93. The van der Waals surface area contributed by atoms with Crippen LogP contribution < -0.4 is 5.32 Å².